The molecule has 1 aromatic heterocycles. The molecule has 170 valence electrons. The molecule has 0 spiro atoms. The quantitative estimate of drug-likeness (QED) is 0.581. The summed E-state index contributed by atoms with van der Waals surface area (Å²) in [7, 11) is -2.95. The Balaban J connectivity index is 2.21. The number of carbonyl (C=O) groups excluding carboxylic acids is 2. The Morgan fingerprint density at radius 3 is 2.25 bits per heavy atom. The zero-order valence-electron chi connectivity index (χ0n) is 18.6. The summed E-state index contributed by atoms with van der Waals surface area (Å²) in [6.07, 6.45) is -0.877. The summed E-state index contributed by atoms with van der Waals surface area (Å²) in [6.45, 7) is 6.89. The van der Waals surface area contributed by atoms with Gasteiger partial charge < -0.3 is 14.8 Å². The topological polar surface area (TPSA) is 104 Å². The third kappa shape index (κ3) is 4.77. The van der Waals surface area contributed by atoms with Crippen molar-refractivity contribution in [1.29, 1.82) is 0 Å². The van der Waals surface area contributed by atoms with Crippen LogP contribution >= 0.6 is 0 Å². The van der Waals surface area contributed by atoms with Gasteiger partial charge in [0.05, 0.1) is 23.2 Å². The van der Waals surface area contributed by atoms with Crippen LogP contribution in [0.5, 0.6) is 0 Å². The highest BCUT2D eigenvalue weighted by Crippen LogP contribution is 2.30. The lowest BCUT2D eigenvalue weighted by Crippen LogP contribution is -2.39. The molecule has 0 saturated heterocycles. The van der Waals surface area contributed by atoms with Crippen molar-refractivity contribution in [3.63, 3.8) is 0 Å². The van der Waals surface area contributed by atoms with E-state index in [-0.39, 0.29) is 10.6 Å². The van der Waals surface area contributed by atoms with Crippen molar-refractivity contribution in [3.05, 3.63) is 65.9 Å². The van der Waals surface area contributed by atoms with Gasteiger partial charge in [0.1, 0.15) is 5.60 Å². The van der Waals surface area contributed by atoms with Crippen LogP contribution in [0.25, 0.3) is 10.9 Å². The fourth-order valence-corrected chi connectivity index (χ4v) is 4.78. The van der Waals surface area contributed by atoms with Gasteiger partial charge in [-0.2, -0.15) is 0 Å². The van der Waals surface area contributed by atoms with Crippen molar-refractivity contribution in [2.24, 2.45) is 0 Å². The number of aryl methyl sites for hydroxylation is 1. The number of benzene rings is 2. The van der Waals surface area contributed by atoms with E-state index in [0.717, 1.165) is 16.6 Å². The number of amides is 1. The van der Waals surface area contributed by atoms with Gasteiger partial charge in [-0.3, -0.25) is 0 Å². The Bertz CT molecular complexity index is 1250. The number of alkyl carbamates (subject to hydrolysis) is 1. The molecular formula is C23H26N2O6S. The molecule has 3 rings (SSSR count). The molecule has 0 aliphatic carbocycles. The number of rotatable bonds is 5. The Labute approximate surface area is 187 Å². The van der Waals surface area contributed by atoms with E-state index in [1.807, 2.05) is 6.92 Å². The Kier molecular flexibility index (Phi) is 6.32. The van der Waals surface area contributed by atoms with Crippen molar-refractivity contribution >= 4 is 33.0 Å². The van der Waals surface area contributed by atoms with E-state index in [1.54, 1.807) is 63.2 Å². The highest BCUT2D eigenvalue weighted by atomic mass is 32.2. The lowest BCUT2D eigenvalue weighted by atomic mass is 10.2. The van der Waals surface area contributed by atoms with Crippen molar-refractivity contribution in [2.45, 2.75) is 44.2 Å². The molecule has 32 heavy (non-hydrogen) atoms. The highest BCUT2D eigenvalue weighted by molar-refractivity contribution is 7.90. The summed E-state index contributed by atoms with van der Waals surface area (Å²) >= 11 is 0. The molecule has 2 aromatic carbocycles. The predicted molar refractivity (Wildman–Crippen MR) is 120 cm³/mol. The minimum atomic E-state index is -4.11. The van der Waals surface area contributed by atoms with Gasteiger partial charge in [-0.25, -0.2) is 22.0 Å². The number of hydrogen-bond acceptors (Lipinski definition) is 6. The van der Waals surface area contributed by atoms with Gasteiger partial charge in [-0.15, -0.1) is 0 Å². The summed E-state index contributed by atoms with van der Waals surface area (Å²) in [5, 5.41) is 3.04. The normalized spacial score (nSPS) is 12.9. The van der Waals surface area contributed by atoms with E-state index < -0.39 is 33.7 Å². The summed E-state index contributed by atoms with van der Waals surface area (Å²) in [5.41, 5.74) is 0.485. The third-order valence-corrected chi connectivity index (χ3v) is 6.40. The average Bonchev–Trinajstić information content (AvgIpc) is 3.10. The number of aromatic nitrogens is 1. The van der Waals surface area contributed by atoms with Crippen LogP contribution in [-0.2, 0) is 24.3 Å². The van der Waals surface area contributed by atoms with Crippen LogP contribution in [0.15, 0.2) is 59.5 Å². The fraction of sp³-hybridized carbons (Fsp3) is 0.304. The van der Waals surface area contributed by atoms with Crippen molar-refractivity contribution < 1.29 is 27.5 Å². The van der Waals surface area contributed by atoms with Gasteiger partial charge >= 0.3 is 12.1 Å². The first kappa shape index (κ1) is 23.3. The van der Waals surface area contributed by atoms with Gasteiger partial charge in [-0.1, -0.05) is 35.9 Å². The Hall–Kier alpha value is -3.33. The molecule has 1 heterocycles. The number of carbonyl (C=O) groups is 2. The number of esters is 1. The van der Waals surface area contributed by atoms with Crippen molar-refractivity contribution in [3.8, 4) is 0 Å². The third-order valence-electron chi connectivity index (χ3n) is 4.65. The van der Waals surface area contributed by atoms with E-state index in [2.05, 4.69) is 5.32 Å². The maximum absolute atomic E-state index is 13.6. The van der Waals surface area contributed by atoms with Gasteiger partial charge in [0.15, 0.2) is 6.04 Å². The zero-order valence-corrected chi connectivity index (χ0v) is 19.4. The predicted octanol–water partition coefficient (Wildman–Crippen LogP) is 3.93. The summed E-state index contributed by atoms with van der Waals surface area (Å²) in [5.74, 6) is -0.834. The first-order valence-corrected chi connectivity index (χ1v) is 11.4. The van der Waals surface area contributed by atoms with Gasteiger partial charge in [0, 0.05) is 5.39 Å². The number of para-hydroxylation sites is 1. The SMILES string of the molecule is COC(=O)[C@H](NC(=O)OC(C)(C)C)c1cc2ccccc2n1S(=O)(=O)c1ccc(C)cc1. The van der Waals surface area contributed by atoms with Gasteiger partial charge in [-0.05, 0) is 52.0 Å². The monoisotopic (exact) mass is 458 g/mol. The summed E-state index contributed by atoms with van der Waals surface area (Å²) < 4.78 is 38.5. The highest BCUT2D eigenvalue weighted by Gasteiger charge is 2.33. The number of ether oxygens (including phenoxy) is 2. The lowest BCUT2D eigenvalue weighted by Gasteiger charge is -2.23. The first-order valence-electron chi connectivity index (χ1n) is 9.94. The van der Waals surface area contributed by atoms with E-state index in [0.29, 0.717) is 10.9 Å². The number of nitrogens with zero attached hydrogens (tertiary/aromatic N) is 1. The molecule has 8 nitrogen and oxygen atoms in total. The van der Waals surface area contributed by atoms with E-state index >= 15 is 0 Å². The summed E-state index contributed by atoms with van der Waals surface area (Å²) in [6, 6.07) is 13.3. The largest absolute Gasteiger partial charge is 0.467 e. The van der Waals surface area contributed by atoms with Crippen LogP contribution in [0.3, 0.4) is 0 Å². The lowest BCUT2D eigenvalue weighted by molar-refractivity contribution is -0.143. The van der Waals surface area contributed by atoms with Crippen LogP contribution in [0.2, 0.25) is 0 Å². The molecule has 0 aliphatic rings. The van der Waals surface area contributed by atoms with E-state index in [4.69, 9.17) is 9.47 Å². The Morgan fingerprint density at radius 2 is 1.66 bits per heavy atom. The molecule has 3 aromatic rings. The molecule has 1 N–H and O–H groups in total. The Morgan fingerprint density at radius 1 is 1.03 bits per heavy atom. The van der Waals surface area contributed by atoms with E-state index in [9.17, 15) is 18.0 Å². The molecule has 1 atom stereocenters. The molecule has 0 radical (unpaired) electrons. The second-order valence-corrected chi connectivity index (χ2v) is 10.1. The van der Waals surface area contributed by atoms with E-state index in [1.165, 1.54) is 12.1 Å². The molecule has 1 amide bonds. The maximum atomic E-state index is 13.6. The number of fused-ring (bicyclic) bond motifs is 1. The first-order chi connectivity index (χ1) is 14.9. The number of nitrogens with one attached hydrogen (secondary N) is 1. The second kappa shape index (κ2) is 8.66. The maximum Gasteiger partial charge on any atom is 0.408 e. The standard InChI is InChI=1S/C23H26N2O6S/c1-15-10-12-17(13-11-15)32(28,29)25-18-9-7-6-8-16(18)14-19(25)20(21(26)30-5)24-22(27)31-23(2,3)4/h6-14,20H,1-5H3,(H,24,27)/t20-/m1/s1. The van der Waals surface area contributed by atoms with Crippen LogP contribution in [-0.4, -0.2) is 37.2 Å². The molecule has 0 bridgehead atoms. The molecule has 0 unspecified atom stereocenters. The van der Waals surface area contributed by atoms with Crippen molar-refractivity contribution in [2.75, 3.05) is 7.11 Å². The molecular weight excluding hydrogens is 432 g/mol. The van der Waals surface area contributed by atoms with Crippen LogP contribution in [0.4, 0.5) is 4.79 Å². The van der Waals surface area contributed by atoms with Gasteiger partial charge in [0.2, 0.25) is 0 Å². The van der Waals surface area contributed by atoms with Gasteiger partial charge in [0.25, 0.3) is 10.0 Å². The number of methoxy groups -OCH3 is 1. The molecule has 9 heteroatoms. The van der Waals surface area contributed by atoms with Crippen LogP contribution < -0.4 is 5.32 Å². The molecule has 0 saturated carbocycles. The number of hydrogen-bond donors (Lipinski definition) is 1. The molecule has 0 aliphatic heterocycles. The van der Waals surface area contributed by atoms with Crippen LogP contribution in [0, 0.1) is 6.92 Å². The smallest absolute Gasteiger partial charge is 0.408 e. The zero-order chi connectivity index (χ0) is 23.7. The summed E-state index contributed by atoms with van der Waals surface area (Å²) in [4.78, 5) is 25.1. The second-order valence-electron chi connectivity index (χ2n) is 8.31. The minimum Gasteiger partial charge on any atom is -0.467 e. The van der Waals surface area contributed by atoms with Crippen LogP contribution in [0.1, 0.15) is 38.1 Å². The minimum absolute atomic E-state index is 0.0319. The fourth-order valence-electron chi connectivity index (χ4n) is 3.23. The molecule has 0 fully saturated rings. The average molecular weight is 459 g/mol. The van der Waals surface area contributed by atoms with Crippen molar-refractivity contribution in [1.82, 2.24) is 9.29 Å².